The minimum absolute atomic E-state index is 0.0727. The summed E-state index contributed by atoms with van der Waals surface area (Å²) >= 11 is 0. The van der Waals surface area contributed by atoms with Crippen LogP contribution in [0, 0.1) is 0 Å². The summed E-state index contributed by atoms with van der Waals surface area (Å²) in [6, 6.07) is 7.44. The van der Waals surface area contributed by atoms with Gasteiger partial charge in [-0.1, -0.05) is 36.4 Å². The van der Waals surface area contributed by atoms with Crippen molar-refractivity contribution in [2.75, 3.05) is 13.7 Å². The van der Waals surface area contributed by atoms with E-state index < -0.39 is 6.04 Å². The number of hydrogen-bond acceptors (Lipinski definition) is 3. The molecule has 0 saturated carbocycles. The molecule has 0 aliphatic carbocycles. The SMILES string of the molecule is C=C(C)c1ccc(CC(N)C(=O)COC)cc1. The smallest absolute Gasteiger partial charge is 0.175 e. The van der Waals surface area contributed by atoms with E-state index in [1.807, 2.05) is 31.2 Å². The number of Topliss-reactive ketones (excluding diaryl/α,β-unsaturated/α-hetero) is 1. The number of ketones is 1. The van der Waals surface area contributed by atoms with Crippen LogP contribution in [0.4, 0.5) is 0 Å². The Labute approximate surface area is 102 Å². The molecule has 0 fully saturated rings. The van der Waals surface area contributed by atoms with Crippen LogP contribution in [0.5, 0.6) is 0 Å². The van der Waals surface area contributed by atoms with Gasteiger partial charge in [0.25, 0.3) is 0 Å². The zero-order chi connectivity index (χ0) is 12.8. The van der Waals surface area contributed by atoms with Gasteiger partial charge in [-0.05, 0) is 24.5 Å². The Morgan fingerprint density at radius 3 is 2.47 bits per heavy atom. The first-order chi connectivity index (χ1) is 8.04. The van der Waals surface area contributed by atoms with Crippen LogP contribution in [-0.4, -0.2) is 25.5 Å². The first-order valence-electron chi connectivity index (χ1n) is 5.56. The fourth-order valence-electron chi connectivity index (χ4n) is 1.54. The lowest BCUT2D eigenvalue weighted by molar-refractivity contribution is -0.123. The molecule has 0 aliphatic rings. The van der Waals surface area contributed by atoms with Gasteiger partial charge in [0.15, 0.2) is 5.78 Å². The average molecular weight is 233 g/mol. The first-order valence-corrected chi connectivity index (χ1v) is 5.56. The molecule has 1 rings (SSSR count). The molecule has 0 aliphatic heterocycles. The molecular weight excluding hydrogens is 214 g/mol. The molecule has 0 amide bonds. The van der Waals surface area contributed by atoms with Crippen LogP contribution in [0.15, 0.2) is 30.8 Å². The van der Waals surface area contributed by atoms with Crippen molar-refractivity contribution in [3.05, 3.63) is 42.0 Å². The van der Waals surface area contributed by atoms with Crippen molar-refractivity contribution in [3.63, 3.8) is 0 Å². The normalized spacial score (nSPS) is 12.2. The molecule has 2 N–H and O–H groups in total. The quantitative estimate of drug-likeness (QED) is 0.815. The van der Waals surface area contributed by atoms with Crippen molar-refractivity contribution in [1.29, 1.82) is 0 Å². The lowest BCUT2D eigenvalue weighted by Gasteiger charge is -2.10. The highest BCUT2D eigenvalue weighted by atomic mass is 16.5. The molecule has 3 heteroatoms. The van der Waals surface area contributed by atoms with Crippen molar-refractivity contribution < 1.29 is 9.53 Å². The van der Waals surface area contributed by atoms with Gasteiger partial charge in [-0.2, -0.15) is 0 Å². The molecule has 92 valence electrons. The van der Waals surface area contributed by atoms with Gasteiger partial charge in [0.2, 0.25) is 0 Å². The van der Waals surface area contributed by atoms with Gasteiger partial charge in [0.1, 0.15) is 6.61 Å². The molecular formula is C14H19NO2. The lowest BCUT2D eigenvalue weighted by Crippen LogP contribution is -2.35. The maximum Gasteiger partial charge on any atom is 0.175 e. The molecule has 1 unspecified atom stereocenters. The standard InChI is InChI=1S/C14H19NO2/c1-10(2)12-6-4-11(5-7-12)8-13(15)14(16)9-17-3/h4-7,13H,1,8-9,15H2,2-3H3. The van der Waals surface area contributed by atoms with Crippen molar-refractivity contribution in [1.82, 2.24) is 0 Å². The van der Waals surface area contributed by atoms with E-state index in [0.717, 1.165) is 16.7 Å². The van der Waals surface area contributed by atoms with E-state index in [2.05, 4.69) is 6.58 Å². The second-order valence-electron chi connectivity index (χ2n) is 4.19. The molecule has 1 aromatic carbocycles. The minimum atomic E-state index is -0.495. The molecule has 1 aromatic rings. The van der Waals surface area contributed by atoms with E-state index in [9.17, 15) is 4.79 Å². The number of rotatable bonds is 6. The summed E-state index contributed by atoms with van der Waals surface area (Å²) in [5.74, 6) is -0.0727. The highest BCUT2D eigenvalue weighted by Crippen LogP contribution is 2.13. The number of nitrogens with two attached hydrogens (primary N) is 1. The van der Waals surface area contributed by atoms with Gasteiger partial charge in [-0.25, -0.2) is 0 Å². The van der Waals surface area contributed by atoms with Crippen LogP contribution in [0.1, 0.15) is 18.1 Å². The van der Waals surface area contributed by atoms with Gasteiger partial charge in [0.05, 0.1) is 6.04 Å². The predicted octanol–water partition coefficient (Wildman–Crippen LogP) is 1.80. The largest absolute Gasteiger partial charge is 0.377 e. The van der Waals surface area contributed by atoms with Crippen LogP contribution in [0.25, 0.3) is 5.57 Å². The number of allylic oxidation sites excluding steroid dienone is 1. The average Bonchev–Trinajstić information content (AvgIpc) is 2.30. The number of benzene rings is 1. The highest BCUT2D eigenvalue weighted by Gasteiger charge is 2.13. The molecule has 0 radical (unpaired) electrons. The Bertz CT molecular complexity index is 395. The zero-order valence-corrected chi connectivity index (χ0v) is 10.4. The molecule has 0 heterocycles. The maximum absolute atomic E-state index is 11.5. The molecule has 17 heavy (non-hydrogen) atoms. The predicted molar refractivity (Wildman–Crippen MR) is 69.7 cm³/mol. The van der Waals surface area contributed by atoms with Gasteiger partial charge < -0.3 is 10.5 Å². The van der Waals surface area contributed by atoms with E-state index in [4.69, 9.17) is 10.5 Å². The zero-order valence-electron chi connectivity index (χ0n) is 10.4. The number of ether oxygens (including phenoxy) is 1. The number of methoxy groups -OCH3 is 1. The number of carbonyl (C=O) groups excluding carboxylic acids is 1. The highest BCUT2D eigenvalue weighted by molar-refractivity contribution is 5.85. The third-order valence-corrected chi connectivity index (χ3v) is 2.60. The maximum atomic E-state index is 11.5. The third-order valence-electron chi connectivity index (χ3n) is 2.60. The van der Waals surface area contributed by atoms with Crippen LogP contribution in [-0.2, 0) is 16.0 Å². The van der Waals surface area contributed by atoms with Crippen LogP contribution >= 0.6 is 0 Å². The second kappa shape index (κ2) is 6.33. The van der Waals surface area contributed by atoms with Crippen molar-refractivity contribution in [2.24, 2.45) is 5.73 Å². The van der Waals surface area contributed by atoms with E-state index >= 15 is 0 Å². The van der Waals surface area contributed by atoms with E-state index in [1.54, 1.807) is 0 Å². The van der Waals surface area contributed by atoms with Gasteiger partial charge in [-0.15, -0.1) is 0 Å². The molecule has 0 bridgehead atoms. The molecule has 0 saturated heterocycles. The summed E-state index contributed by atoms with van der Waals surface area (Å²) in [6.07, 6.45) is 0.540. The van der Waals surface area contributed by atoms with Gasteiger partial charge in [0, 0.05) is 7.11 Å². The fourth-order valence-corrected chi connectivity index (χ4v) is 1.54. The monoisotopic (exact) mass is 233 g/mol. The summed E-state index contributed by atoms with van der Waals surface area (Å²) in [5.41, 5.74) is 8.96. The van der Waals surface area contributed by atoms with Crippen LogP contribution < -0.4 is 5.73 Å². The van der Waals surface area contributed by atoms with Crippen LogP contribution in [0.3, 0.4) is 0 Å². The summed E-state index contributed by atoms with van der Waals surface area (Å²) in [6.45, 7) is 5.91. The summed E-state index contributed by atoms with van der Waals surface area (Å²) in [4.78, 5) is 11.5. The summed E-state index contributed by atoms with van der Waals surface area (Å²) in [5, 5.41) is 0. The molecule has 0 spiro atoms. The van der Waals surface area contributed by atoms with Crippen molar-refractivity contribution in [3.8, 4) is 0 Å². The Kier molecular flexibility index (Phi) is 5.07. The van der Waals surface area contributed by atoms with E-state index in [0.29, 0.717) is 6.42 Å². The lowest BCUT2D eigenvalue weighted by atomic mass is 10.0. The second-order valence-corrected chi connectivity index (χ2v) is 4.19. The fraction of sp³-hybridized carbons (Fsp3) is 0.357. The Balaban J connectivity index is 2.63. The minimum Gasteiger partial charge on any atom is -0.377 e. The molecule has 1 atom stereocenters. The Morgan fingerprint density at radius 2 is 2.00 bits per heavy atom. The van der Waals surface area contributed by atoms with Crippen molar-refractivity contribution in [2.45, 2.75) is 19.4 Å². The Morgan fingerprint density at radius 1 is 1.41 bits per heavy atom. The third kappa shape index (κ3) is 4.13. The number of hydrogen-bond donors (Lipinski definition) is 1. The summed E-state index contributed by atoms with van der Waals surface area (Å²) < 4.78 is 4.77. The summed E-state index contributed by atoms with van der Waals surface area (Å²) in [7, 11) is 1.49. The Hall–Kier alpha value is -1.45. The van der Waals surface area contributed by atoms with E-state index in [1.165, 1.54) is 7.11 Å². The van der Waals surface area contributed by atoms with Gasteiger partial charge in [-0.3, -0.25) is 4.79 Å². The molecule has 3 nitrogen and oxygen atoms in total. The van der Waals surface area contributed by atoms with Crippen LogP contribution in [0.2, 0.25) is 0 Å². The molecule has 0 aromatic heterocycles. The van der Waals surface area contributed by atoms with Crippen molar-refractivity contribution >= 4 is 11.4 Å². The topological polar surface area (TPSA) is 52.3 Å². The van der Waals surface area contributed by atoms with E-state index in [-0.39, 0.29) is 12.4 Å². The van der Waals surface area contributed by atoms with Gasteiger partial charge >= 0.3 is 0 Å². The first kappa shape index (κ1) is 13.6. The number of carbonyl (C=O) groups is 1.